The fourth-order valence-corrected chi connectivity index (χ4v) is 4.25. The van der Waals surface area contributed by atoms with Gasteiger partial charge < -0.3 is 19.9 Å². The fraction of sp³-hybridized carbons (Fsp3) is 0.190. The molecule has 1 saturated heterocycles. The highest BCUT2D eigenvalue weighted by Crippen LogP contribution is 2.39. The second kappa shape index (κ2) is 10.3. The predicted octanol–water partition coefficient (Wildman–Crippen LogP) is 3.55. The zero-order valence-electron chi connectivity index (χ0n) is 17.6. The van der Waals surface area contributed by atoms with Crippen LogP contribution in [0.4, 0.5) is 11.4 Å². The summed E-state index contributed by atoms with van der Waals surface area (Å²) in [6.45, 7) is 0.0725. The van der Waals surface area contributed by atoms with Gasteiger partial charge in [-0.1, -0.05) is 24.0 Å². The van der Waals surface area contributed by atoms with E-state index >= 15 is 0 Å². The maximum absolute atomic E-state index is 12.8. The standard InChI is InChI=1S/C21H19N3O7S2/c1-30-15-9-12(10-16(31-2)19(15)26)11-17-20(27)23(21(32)33-17)8-7-18(25)22-13-3-5-14(6-4-13)24(28)29/h3-6,9-11,26H,7-8H2,1-2H3,(H,22,25)/b17-11-. The molecule has 1 aliphatic rings. The lowest BCUT2D eigenvalue weighted by Crippen LogP contribution is -2.31. The Morgan fingerprint density at radius 1 is 1.24 bits per heavy atom. The Hall–Kier alpha value is -3.64. The average molecular weight is 490 g/mol. The van der Waals surface area contributed by atoms with Crippen LogP contribution in [0, 0.1) is 10.1 Å². The van der Waals surface area contributed by atoms with Crippen LogP contribution >= 0.6 is 24.0 Å². The molecule has 0 aliphatic carbocycles. The number of aromatic hydroxyl groups is 1. The van der Waals surface area contributed by atoms with Crippen molar-refractivity contribution in [2.45, 2.75) is 6.42 Å². The van der Waals surface area contributed by atoms with E-state index in [0.717, 1.165) is 11.8 Å². The maximum atomic E-state index is 12.8. The minimum absolute atomic E-state index is 0.0163. The number of thiocarbonyl (C=S) groups is 1. The highest BCUT2D eigenvalue weighted by molar-refractivity contribution is 8.26. The number of carbonyl (C=O) groups is 2. The summed E-state index contributed by atoms with van der Waals surface area (Å²) in [5.41, 5.74) is 0.894. The highest BCUT2D eigenvalue weighted by Gasteiger charge is 2.32. The van der Waals surface area contributed by atoms with Gasteiger partial charge in [0.2, 0.25) is 11.7 Å². The summed E-state index contributed by atoms with van der Waals surface area (Å²) in [6, 6.07) is 8.55. The number of benzene rings is 2. The van der Waals surface area contributed by atoms with Crippen LogP contribution in [0.1, 0.15) is 12.0 Å². The van der Waals surface area contributed by atoms with Gasteiger partial charge in [-0.25, -0.2) is 0 Å². The summed E-state index contributed by atoms with van der Waals surface area (Å²) in [5, 5.41) is 23.4. The van der Waals surface area contributed by atoms with Gasteiger partial charge in [0.05, 0.1) is 24.0 Å². The number of nitrogens with one attached hydrogen (secondary N) is 1. The molecular weight excluding hydrogens is 470 g/mol. The van der Waals surface area contributed by atoms with Gasteiger partial charge >= 0.3 is 0 Å². The number of nitro groups is 1. The summed E-state index contributed by atoms with van der Waals surface area (Å²) in [7, 11) is 2.80. The molecule has 2 aromatic rings. The summed E-state index contributed by atoms with van der Waals surface area (Å²) in [6.07, 6.45) is 1.58. The van der Waals surface area contributed by atoms with E-state index in [4.69, 9.17) is 21.7 Å². The third kappa shape index (κ3) is 5.59. The molecule has 0 radical (unpaired) electrons. The van der Waals surface area contributed by atoms with E-state index in [9.17, 15) is 24.8 Å². The van der Waals surface area contributed by atoms with Gasteiger partial charge in [-0.05, 0) is 35.9 Å². The van der Waals surface area contributed by atoms with Gasteiger partial charge in [-0.2, -0.15) is 0 Å². The van der Waals surface area contributed by atoms with Crippen molar-refractivity contribution in [3.05, 3.63) is 57.0 Å². The SMILES string of the molecule is COc1cc(/C=C2\SC(=S)N(CCC(=O)Nc3ccc([N+](=O)[O-])cc3)C2=O)cc(OC)c1O. The number of rotatable bonds is 8. The molecule has 0 aromatic heterocycles. The molecule has 172 valence electrons. The molecular formula is C21H19N3O7S2. The van der Waals surface area contributed by atoms with Crippen molar-refractivity contribution in [2.24, 2.45) is 0 Å². The molecule has 33 heavy (non-hydrogen) atoms. The summed E-state index contributed by atoms with van der Waals surface area (Å²) in [5.74, 6) is -0.476. The van der Waals surface area contributed by atoms with Crippen molar-refractivity contribution in [1.29, 1.82) is 0 Å². The molecule has 12 heteroatoms. The lowest BCUT2D eigenvalue weighted by molar-refractivity contribution is -0.384. The molecule has 2 amide bonds. The van der Waals surface area contributed by atoms with Crippen LogP contribution in [0.25, 0.3) is 6.08 Å². The molecule has 1 aliphatic heterocycles. The Morgan fingerprint density at radius 3 is 2.39 bits per heavy atom. The van der Waals surface area contributed by atoms with Crippen molar-refractivity contribution in [1.82, 2.24) is 4.90 Å². The summed E-state index contributed by atoms with van der Waals surface area (Å²) >= 11 is 6.39. The predicted molar refractivity (Wildman–Crippen MR) is 127 cm³/mol. The monoisotopic (exact) mass is 489 g/mol. The van der Waals surface area contributed by atoms with Gasteiger partial charge in [0.1, 0.15) is 4.32 Å². The summed E-state index contributed by atoms with van der Waals surface area (Å²) < 4.78 is 10.6. The van der Waals surface area contributed by atoms with Crippen LogP contribution in [-0.4, -0.2) is 51.8 Å². The first kappa shape index (κ1) is 24.0. The number of hydrogen-bond donors (Lipinski definition) is 2. The molecule has 3 rings (SSSR count). The number of nitrogens with zero attached hydrogens (tertiary/aromatic N) is 2. The number of anilines is 1. The quantitative estimate of drug-likeness (QED) is 0.247. The molecule has 1 heterocycles. The van der Waals surface area contributed by atoms with E-state index in [1.807, 2.05) is 0 Å². The normalized spacial score (nSPS) is 14.5. The molecule has 10 nitrogen and oxygen atoms in total. The van der Waals surface area contributed by atoms with Crippen LogP contribution in [-0.2, 0) is 9.59 Å². The first-order valence-corrected chi connectivity index (χ1v) is 10.7. The number of amides is 2. The smallest absolute Gasteiger partial charge is 0.269 e. The Bertz CT molecular complexity index is 1120. The van der Waals surface area contributed by atoms with Gasteiger partial charge in [-0.3, -0.25) is 24.6 Å². The number of nitro benzene ring substituents is 1. The van der Waals surface area contributed by atoms with E-state index < -0.39 is 4.92 Å². The van der Waals surface area contributed by atoms with Crippen molar-refractivity contribution in [3.63, 3.8) is 0 Å². The molecule has 0 atom stereocenters. The van der Waals surface area contributed by atoms with E-state index in [1.54, 1.807) is 18.2 Å². The number of phenols is 1. The number of phenolic OH excluding ortho intramolecular Hbond substituents is 1. The molecule has 2 N–H and O–H groups in total. The number of thioether (sulfide) groups is 1. The van der Waals surface area contributed by atoms with Gasteiger partial charge in [0.25, 0.3) is 11.6 Å². The van der Waals surface area contributed by atoms with Crippen LogP contribution in [0.3, 0.4) is 0 Å². The first-order chi connectivity index (χ1) is 15.7. The van der Waals surface area contributed by atoms with Crippen molar-refractivity contribution < 1.29 is 29.1 Å². The van der Waals surface area contributed by atoms with Crippen LogP contribution in [0.5, 0.6) is 17.2 Å². The van der Waals surface area contributed by atoms with E-state index in [2.05, 4.69) is 5.32 Å². The van der Waals surface area contributed by atoms with Crippen LogP contribution in [0.2, 0.25) is 0 Å². The molecule has 0 bridgehead atoms. The van der Waals surface area contributed by atoms with Gasteiger partial charge in [0.15, 0.2) is 11.5 Å². The zero-order valence-corrected chi connectivity index (χ0v) is 19.2. The van der Waals surface area contributed by atoms with Gasteiger partial charge in [0, 0.05) is 30.8 Å². The third-order valence-electron chi connectivity index (χ3n) is 4.60. The minimum Gasteiger partial charge on any atom is -0.502 e. The van der Waals surface area contributed by atoms with Crippen LogP contribution in [0.15, 0.2) is 41.3 Å². The maximum Gasteiger partial charge on any atom is 0.269 e. The Kier molecular flexibility index (Phi) is 7.51. The Morgan fingerprint density at radius 2 is 1.85 bits per heavy atom. The van der Waals surface area contributed by atoms with Gasteiger partial charge in [-0.15, -0.1) is 0 Å². The molecule has 2 aromatic carbocycles. The topological polar surface area (TPSA) is 131 Å². The third-order valence-corrected chi connectivity index (χ3v) is 5.98. The fourth-order valence-electron chi connectivity index (χ4n) is 2.94. The van der Waals surface area contributed by atoms with E-state index in [-0.39, 0.29) is 47.7 Å². The second-order valence-electron chi connectivity index (χ2n) is 6.71. The lowest BCUT2D eigenvalue weighted by atomic mass is 10.1. The molecule has 0 unspecified atom stereocenters. The molecule has 1 fully saturated rings. The highest BCUT2D eigenvalue weighted by atomic mass is 32.2. The first-order valence-electron chi connectivity index (χ1n) is 9.48. The molecule has 0 spiro atoms. The van der Waals surface area contributed by atoms with Crippen LogP contribution < -0.4 is 14.8 Å². The number of carbonyl (C=O) groups excluding carboxylic acids is 2. The minimum atomic E-state index is -0.529. The number of hydrogen-bond acceptors (Lipinski definition) is 9. The molecule has 0 saturated carbocycles. The van der Waals surface area contributed by atoms with Crippen molar-refractivity contribution in [3.8, 4) is 17.2 Å². The zero-order chi connectivity index (χ0) is 24.1. The average Bonchev–Trinajstić information content (AvgIpc) is 3.05. The second-order valence-corrected chi connectivity index (χ2v) is 8.39. The largest absolute Gasteiger partial charge is 0.502 e. The van der Waals surface area contributed by atoms with E-state index in [1.165, 1.54) is 43.4 Å². The summed E-state index contributed by atoms with van der Waals surface area (Å²) in [4.78, 5) is 36.9. The van der Waals surface area contributed by atoms with E-state index in [0.29, 0.717) is 20.5 Å². The number of methoxy groups -OCH3 is 2. The lowest BCUT2D eigenvalue weighted by Gasteiger charge is -2.14. The number of ether oxygens (including phenoxy) is 2. The Labute approximate surface area is 198 Å². The Balaban J connectivity index is 1.65. The van der Waals surface area contributed by atoms with Crippen molar-refractivity contribution in [2.75, 3.05) is 26.1 Å². The number of non-ortho nitro benzene ring substituents is 1. The van der Waals surface area contributed by atoms with Crippen molar-refractivity contribution >= 4 is 57.6 Å².